The molecule has 1 saturated heterocycles. The van der Waals surface area contributed by atoms with Crippen LogP contribution in [0, 0.1) is 5.92 Å². The van der Waals surface area contributed by atoms with Crippen LogP contribution in [0.15, 0.2) is 0 Å². The largest absolute Gasteiger partial charge is 0.347 e. The average molecular weight is 269 g/mol. The lowest BCUT2D eigenvalue weighted by atomic mass is 9.97. The third kappa shape index (κ3) is 4.20. The fourth-order valence-corrected chi connectivity index (χ4v) is 2.41. The highest BCUT2D eigenvalue weighted by Gasteiger charge is 2.38. The first-order valence-corrected chi connectivity index (χ1v) is 7.03. The molecule has 1 aliphatic rings. The number of likely N-dealkylation sites (N-methyl/N-ethyl adjacent to an activating group) is 1. The Kier molecular flexibility index (Phi) is 5.35. The van der Waals surface area contributed by atoms with Crippen LogP contribution in [-0.4, -0.2) is 48.9 Å². The van der Waals surface area contributed by atoms with Gasteiger partial charge in [0.25, 0.3) is 0 Å². The minimum Gasteiger partial charge on any atom is -0.347 e. The van der Waals surface area contributed by atoms with E-state index in [-0.39, 0.29) is 11.8 Å². The van der Waals surface area contributed by atoms with Crippen molar-refractivity contribution < 1.29 is 9.59 Å². The molecule has 2 amide bonds. The van der Waals surface area contributed by atoms with Crippen molar-refractivity contribution in [1.29, 1.82) is 0 Å². The van der Waals surface area contributed by atoms with Gasteiger partial charge in [-0.15, -0.1) is 0 Å². The fraction of sp³-hybridized carbons (Fsp3) is 0.857. The molecule has 0 aromatic rings. The molecule has 5 nitrogen and oxygen atoms in total. The lowest BCUT2D eigenvalue weighted by Gasteiger charge is -2.28. The highest BCUT2D eigenvalue weighted by molar-refractivity contribution is 5.91. The average Bonchev–Trinajstić information content (AvgIpc) is 2.74. The van der Waals surface area contributed by atoms with E-state index in [0.717, 1.165) is 19.4 Å². The summed E-state index contributed by atoms with van der Waals surface area (Å²) in [5.74, 6) is 0.257. The van der Waals surface area contributed by atoms with Crippen molar-refractivity contribution in [2.45, 2.75) is 51.6 Å². The quantitative estimate of drug-likeness (QED) is 0.774. The van der Waals surface area contributed by atoms with E-state index in [4.69, 9.17) is 0 Å². The van der Waals surface area contributed by atoms with Gasteiger partial charge in [-0.3, -0.25) is 9.59 Å². The number of carbonyl (C=O) groups excluding carboxylic acids is 2. The SMILES string of the molecule is CC(C)CC(NC(=O)C1(C)CCCN1)C(=O)N(C)C. The van der Waals surface area contributed by atoms with Crippen LogP contribution in [0.5, 0.6) is 0 Å². The first-order valence-electron chi connectivity index (χ1n) is 7.03. The second kappa shape index (κ2) is 6.37. The van der Waals surface area contributed by atoms with Gasteiger partial charge in [-0.05, 0) is 38.6 Å². The highest BCUT2D eigenvalue weighted by Crippen LogP contribution is 2.19. The van der Waals surface area contributed by atoms with Gasteiger partial charge in [0.15, 0.2) is 0 Å². The molecule has 5 heteroatoms. The van der Waals surface area contributed by atoms with Gasteiger partial charge in [-0.25, -0.2) is 0 Å². The van der Waals surface area contributed by atoms with Crippen LogP contribution in [0.1, 0.15) is 40.0 Å². The summed E-state index contributed by atoms with van der Waals surface area (Å²) in [4.78, 5) is 26.0. The number of hydrogen-bond acceptors (Lipinski definition) is 3. The number of rotatable bonds is 5. The number of hydrogen-bond donors (Lipinski definition) is 2. The molecule has 1 rings (SSSR count). The van der Waals surface area contributed by atoms with E-state index in [0.29, 0.717) is 12.3 Å². The van der Waals surface area contributed by atoms with Gasteiger partial charge in [-0.1, -0.05) is 13.8 Å². The number of amides is 2. The van der Waals surface area contributed by atoms with Crippen LogP contribution >= 0.6 is 0 Å². The Labute approximate surface area is 116 Å². The van der Waals surface area contributed by atoms with E-state index in [2.05, 4.69) is 24.5 Å². The van der Waals surface area contributed by atoms with E-state index in [1.807, 2.05) is 6.92 Å². The van der Waals surface area contributed by atoms with Crippen LogP contribution in [0.25, 0.3) is 0 Å². The molecule has 2 N–H and O–H groups in total. The zero-order valence-electron chi connectivity index (χ0n) is 12.7. The zero-order valence-corrected chi connectivity index (χ0v) is 12.7. The number of nitrogens with zero attached hydrogens (tertiary/aromatic N) is 1. The molecule has 0 aliphatic carbocycles. The topological polar surface area (TPSA) is 61.4 Å². The summed E-state index contributed by atoms with van der Waals surface area (Å²) in [5, 5.41) is 6.14. The third-order valence-electron chi connectivity index (χ3n) is 3.62. The summed E-state index contributed by atoms with van der Waals surface area (Å²) in [6.45, 7) is 6.87. The molecule has 0 aromatic carbocycles. The maximum absolute atomic E-state index is 12.3. The molecular formula is C14H27N3O2. The van der Waals surface area contributed by atoms with Crippen LogP contribution in [0.3, 0.4) is 0 Å². The molecule has 1 aliphatic heterocycles. The van der Waals surface area contributed by atoms with Gasteiger partial charge in [-0.2, -0.15) is 0 Å². The van der Waals surface area contributed by atoms with Crippen molar-refractivity contribution >= 4 is 11.8 Å². The van der Waals surface area contributed by atoms with Crippen LogP contribution in [-0.2, 0) is 9.59 Å². The summed E-state index contributed by atoms with van der Waals surface area (Å²) in [6.07, 6.45) is 2.49. The smallest absolute Gasteiger partial charge is 0.244 e. The standard InChI is InChI=1S/C14H27N3O2/c1-10(2)9-11(12(18)17(4)5)16-13(19)14(3)7-6-8-15-14/h10-11,15H,6-9H2,1-5H3,(H,16,19). The van der Waals surface area contributed by atoms with E-state index >= 15 is 0 Å². The van der Waals surface area contributed by atoms with Crippen molar-refractivity contribution in [2.24, 2.45) is 5.92 Å². The lowest BCUT2D eigenvalue weighted by molar-refractivity contribution is -0.136. The Balaban J connectivity index is 2.71. The fourth-order valence-electron chi connectivity index (χ4n) is 2.41. The summed E-state index contributed by atoms with van der Waals surface area (Å²) >= 11 is 0. The van der Waals surface area contributed by atoms with Gasteiger partial charge < -0.3 is 15.5 Å². The molecule has 0 saturated carbocycles. The van der Waals surface area contributed by atoms with Crippen molar-refractivity contribution in [2.75, 3.05) is 20.6 Å². The molecule has 2 unspecified atom stereocenters. The second-order valence-corrected chi connectivity index (χ2v) is 6.25. The number of carbonyl (C=O) groups is 2. The predicted octanol–water partition coefficient (Wildman–Crippen LogP) is 0.748. The first kappa shape index (κ1) is 16.0. The van der Waals surface area contributed by atoms with Crippen LogP contribution < -0.4 is 10.6 Å². The van der Waals surface area contributed by atoms with Crippen molar-refractivity contribution in [3.63, 3.8) is 0 Å². The molecule has 1 fully saturated rings. The monoisotopic (exact) mass is 269 g/mol. The minimum absolute atomic E-state index is 0.0383. The molecule has 0 radical (unpaired) electrons. The van der Waals surface area contributed by atoms with Crippen LogP contribution in [0.2, 0.25) is 0 Å². The zero-order chi connectivity index (χ0) is 14.6. The second-order valence-electron chi connectivity index (χ2n) is 6.25. The van der Waals surface area contributed by atoms with Crippen molar-refractivity contribution in [3.05, 3.63) is 0 Å². The maximum Gasteiger partial charge on any atom is 0.244 e. The molecule has 1 heterocycles. The van der Waals surface area contributed by atoms with Gasteiger partial charge in [0.2, 0.25) is 11.8 Å². The lowest BCUT2D eigenvalue weighted by Crippen LogP contribution is -2.57. The highest BCUT2D eigenvalue weighted by atomic mass is 16.2. The predicted molar refractivity (Wildman–Crippen MR) is 75.7 cm³/mol. The maximum atomic E-state index is 12.3. The summed E-state index contributed by atoms with van der Waals surface area (Å²) in [6, 6.07) is -0.429. The van der Waals surface area contributed by atoms with Gasteiger partial charge in [0.05, 0.1) is 5.54 Å². The van der Waals surface area contributed by atoms with Crippen molar-refractivity contribution in [3.8, 4) is 0 Å². The van der Waals surface area contributed by atoms with E-state index < -0.39 is 11.6 Å². The Hall–Kier alpha value is -1.10. The Morgan fingerprint density at radius 3 is 2.42 bits per heavy atom. The van der Waals surface area contributed by atoms with E-state index in [9.17, 15) is 9.59 Å². The first-order chi connectivity index (χ1) is 8.76. The summed E-state index contributed by atoms with van der Waals surface area (Å²) in [7, 11) is 3.44. The number of nitrogens with one attached hydrogen (secondary N) is 2. The third-order valence-corrected chi connectivity index (χ3v) is 3.62. The summed E-state index contributed by atoms with van der Waals surface area (Å²) < 4.78 is 0. The minimum atomic E-state index is -0.526. The Morgan fingerprint density at radius 1 is 1.37 bits per heavy atom. The molecule has 19 heavy (non-hydrogen) atoms. The molecule has 0 bridgehead atoms. The Bertz CT molecular complexity index is 334. The molecule has 0 spiro atoms. The van der Waals surface area contributed by atoms with E-state index in [1.165, 1.54) is 4.90 Å². The van der Waals surface area contributed by atoms with Gasteiger partial charge in [0.1, 0.15) is 6.04 Å². The molecule has 110 valence electrons. The molecule has 2 atom stereocenters. The Morgan fingerprint density at radius 2 is 2.00 bits per heavy atom. The van der Waals surface area contributed by atoms with Crippen molar-refractivity contribution in [1.82, 2.24) is 15.5 Å². The normalized spacial score (nSPS) is 24.3. The summed E-state index contributed by atoms with van der Waals surface area (Å²) in [5.41, 5.74) is -0.526. The van der Waals surface area contributed by atoms with Gasteiger partial charge >= 0.3 is 0 Å². The van der Waals surface area contributed by atoms with Gasteiger partial charge in [0, 0.05) is 14.1 Å². The van der Waals surface area contributed by atoms with E-state index in [1.54, 1.807) is 14.1 Å². The molecular weight excluding hydrogens is 242 g/mol. The van der Waals surface area contributed by atoms with Crippen LogP contribution in [0.4, 0.5) is 0 Å². The molecule has 0 aromatic heterocycles.